The van der Waals surface area contributed by atoms with Gasteiger partial charge in [-0.1, -0.05) is 149 Å². The summed E-state index contributed by atoms with van der Waals surface area (Å²) in [4.78, 5) is 3.49. The number of aromatic amines is 1. The highest BCUT2D eigenvalue weighted by atomic mass is 15.1. The first-order valence-electron chi connectivity index (χ1n) is 15.8. The second-order valence-corrected chi connectivity index (χ2v) is 11.5. The van der Waals surface area contributed by atoms with Crippen molar-refractivity contribution in [1.82, 2.24) is 4.98 Å². The van der Waals surface area contributed by atoms with Crippen molar-refractivity contribution in [2.24, 2.45) is 5.92 Å². The lowest BCUT2D eigenvalue weighted by atomic mass is 10.0. The monoisotopic (exact) mass is 475 g/mol. The number of aryl methyl sites for hydroxylation is 2. The molecule has 1 rings (SSSR count). The molecule has 200 valence electrons. The van der Waals surface area contributed by atoms with E-state index < -0.39 is 0 Å². The molecule has 0 unspecified atom stereocenters. The number of unbranched alkanes of at least 4 members (excludes halogenated alkanes) is 20. The summed E-state index contributed by atoms with van der Waals surface area (Å²) in [7, 11) is 0. The Labute approximate surface area is 215 Å². The zero-order valence-corrected chi connectivity index (χ0v) is 23.9. The number of nitrogens with one attached hydrogen (secondary N) is 1. The van der Waals surface area contributed by atoms with E-state index >= 15 is 0 Å². The van der Waals surface area contributed by atoms with Gasteiger partial charge in [-0.25, -0.2) is 9.55 Å². The molecule has 0 spiro atoms. The largest absolute Gasteiger partial charge is 0.254 e. The third-order valence-electron chi connectivity index (χ3n) is 7.55. The summed E-state index contributed by atoms with van der Waals surface area (Å²) < 4.78 is 2.48. The Morgan fingerprint density at radius 2 is 1.03 bits per heavy atom. The Morgan fingerprint density at radius 1 is 0.588 bits per heavy atom. The van der Waals surface area contributed by atoms with Crippen LogP contribution in [0.3, 0.4) is 0 Å². The highest BCUT2D eigenvalue weighted by molar-refractivity contribution is 4.77. The highest BCUT2D eigenvalue weighted by Gasteiger charge is 2.09. The maximum atomic E-state index is 3.49. The van der Waals surface area contributed by atoms with Gasteiger partial charge in [0, 0.05) is 6.42 Å². The van der Waals surface area contributed by atoms with E-state index in [1.807, 2.05) is 0 Å². The number of nitrogens with zero attached hydrogens (tertiary/aromatic N) is 1. The molecular weight excluding hydrogens is 412 g/mol. The first-order chi connectivity index (χ1) is 16.7. The van der Waals surface area contributed by atoms with E-state index in [4.69, 9.17) is 0 Å². The Hall–Kier alpha value is -0.790. The van der Waals surface area contributed by atoms with Gasteiger partial charge in [0.05, 0.1) is 6.54 Å². The third kappa shape index (κ3) is 19.5. The van der Waals surface area contributed by atoms with E-state index in [2.05, 4.69) is 42.7 Å². The van der Waals surface area contributed by atoms with Crippen molar-refractivity contribution >= 4 is 0 Å². The van der Waals surface area contributed by atoms with E-state index in [0.717, 1.165) is 5.92 Å². The lowest BCUT2D eigenvalue weighted by molar-refractivity contribution is -0.703. The lowest BCUT2D eigenvalue weighted by Gasteiger charge is -2.05. The summed E-state index contributed by atoms with van der Waals surface area (Å²) in [6.45, 7) is 8.18. The van der Waals surface area contributed by atoms with Gasteiger partial charge in [0.15, 0.2) is 0 Å². The van der Waals surface area contributed by atoms with E-state index in [1.54, 1.807) is 0 Å². The molecule has 0 atom stereocenters. The van der Waals surface area contributed by atoms with Crippen molar-refractivity contribution in [2.45, 2.75) is 181 Å². The molecule has 0 aliphatic rings. The summed E-state index contributed by atoms with van der Waals surface area (Å²) in [5, 5.41) is 0. The molecule has 0 saturated carbocycles. The Balaban J connectivity index is 1.85. The average molecular weight is 476 g/mol. The molecule has 2 nitrogen and oxygen atoms in total. The van der Waals surface area contributed by atoms with E-state index in [9.17, 15) is 0 Å². The second kappa shape index (κ2) is 23.9. The molecule has 0 fully saturated rings. The number of hydrogen-bond donors (Lipinski definition) is 1. The van der Waals surface area contributed by atoms with Crippen molar-refractivity contribution < 1.29 is 4.57 Å². The van der Waals surface area contributed by atoms with Gasteiger partial charge in [0.25, 0.3) is 5.82 Å². The molecule has 34 heavy (non-hydrogen) atoms. The van der Waals surface area contributed by atoms with Gasteiger partial charge in [-0.2, -0.15) is 0 Å². The van der Waals surface area contributed by atoms with Gasteiger partial charge in [-0.05, 0) is 25.2 Å². The fraction of sp³-hybridized carbons (Fsp3) is 0.906. The predicted molar refractivity (Wildman–Crippen MR) is 151 cm³/mol. The lowest BCUT2D eigenvalue weighted by Crippen LogP contribution is -2.36. The topological polar surface area (TPSA) is 19.7 Å². The van der Waals surface area contributed by atoms with Crippen LogP contribution in [0, 0.1) is 5.92 Å². The predicted octanol–water partition coefficient (Wildman–Crippen LogP) is 10.5. The molecule has 1 aromatic heterocycles. The summed E-state index contributed by atoms with van der Waals surface area (Å²) in [5.74, 6) is 2.31. The normalized spacial score (nSPS) is 11.6. The Kier molecular flexibility index (Phi) is 22.0. The van der Waals surface area contributed by atoms with Crippen LogP contribution in [-0.4, -0.2) is 4.98 Å². The van der Waals surface area contributed by atoms with Crippen molar-refractivity contribution in [3.63, 3.8) is 0 Å². The molecular formula is C32H63N2+. The summed E-state index contributed by atoms with van der Waals surface area (Å²) in [6.07, 6.45) is 38.5. The van der Waals surface area contributed by atoms with Crippen molar-refractivity contribution in [3.8, 4) is 0 Å². The van der Waals surface area contributed by atoms with Gasteiger partial charge in [-0.3, -0.25) is 0 Å². The maximum absolute atomic E-state index is 3.49. The third-order valence-corrected chi connectivity index (χ3v) is 7.55. The van der Waals surface area contributed by atoms with Crippen LogP contribution < -0.4 is 4.57 Å². The van der Waals surface area contributed by atoms with E-state index in [-0.39, 0.29) is 0 Å². The summed E-state index contributed by atoms with van der Waals surface area (Å²) in [6, 6.07) is 0. The van der Waals surface area contributed by atoms with E-state index in [0.29, 0.717) is 0 Å². The number of rotatable bonds is 26. The van der Waals surface area contributed by atoms with Gasteiger partial charge >= 0.3 is 0 Å². The second-order valence-electron chi connectivity index (χ2n) is 11.5. The first-order valence-corrected chi connectivity index (χ1v) is 15.8. The SMILES string of the molecule is CCCCCCCCCCCCCCCCCCC[n+]1cc[nH]c1CCCCCCCC(C)C. The number of H-pyrrole nitrogens is 1. The minimum atomic E-state index is 0.868. The van der Waals surface area contributed by atoms with Crippen LogP contribution >= 0.6 is 0 Å². The van der Waals surface area contributed by atoms with Crippen LogP contribution in [0.25, 0.3) is 0 Å². The van der Waals surface area contributed by atoms with Crippen LogP contribution in [0.5, 0.6) is 0 Å². The fourth-order valence-corrected chi connectivity index (χ4v) is 5.20. The molecule has 0 bridgehead atoms. The Bertz CT molecular complexity index is 519. The first kappa shape index (κ1) is 31.2. The smallest absolute Gasteiger partial charge is 0.248 e. The minimum Gasteiger partial charge on any atom is -0.248 e. The minimum absolute atomic E-state index is 0.868. The van der Waals surface area contributed by atoms with Crippen molar-refractivity contribution in [2.75, 3.05) is 0 Å². The van der Waals surface area contributed by atoms with Crippen LogP contribution in [0.15, 0.2) is 12.4 Å². The molecule has 1 heterocycles. The Morgan fingerprint density at radius 3 is 1.53 bits per heavy atom. The van der Waals surface area contributed by atoms with Crippen molar-refractivity contribution in [3.05, 3.63) is 18.2 Å². The molecule has 0 radical (unpaired) electrons. The maximum Gasteiger partial charge on any atom is 0.254 e. The van der Waals surface area contributed by atoms with Gasteiger partial charge < -0.3 is 0 Å². The standard InChI is InChI=1S/C32H62N2/c1-4-5-6-7-8-9-10-11-12-13-14-15-16-17-18-22-25-29-34-30-28-33-32(34)27-24-21-19-20-23-26-31(2)3/h28,30-31H,4-27,29H2,1-3H3/p+1. The van der Waals surface area contributed by atoms with Crippen molar-refractivity contribution in [1.29, 1.82) is 0 Å². The summed E-state index contributed by atoms with van der Waals surface area (Å²) in [5.41, 5.74) is 0. The van der Waals surface area contributed by atoms with Crippen LogP contribution in [0.1, 0.15) is 174 Å². The molecule has 2 heteroatoms. The zero-order chi connectivity index (χ0) is 24.5. The highest BCUT2D eigenvalue weighted by Crippen LogP contribution is 2.14. The van der Waals surface area contributed by atoms with Gasteiger partial charge in [-0.15, -0.1) is 0 Å². The average Bonchev–Trinajstić information content (AvgIpc) is 3.27. The molecule has 0 saturated heterocycles. The quantitative estimate of drug-likeness (QED) is 0.101. The van der Waals surface area contributed by atoms with Gasteiger partial charge in [0.1, 0.15) is 12.4 Å². The fourth-order valence-electron chi connectivity index (χ4n) is 5.20. The van der Waals surface area contributed by atoms with Crippen LogP contribution in [0.2, 0.25) is 0 Å². The zero-order valence-electron chi connectivity index (χ0n) is 23.9. The van der Waals surface area contributed by atoms with Crippen LogP contribution in [0.4, 0.5) is 0 Å². The molecule has 0 aliphatic carbocycles. The van der Waals surface area contributed by atoms with Gasteiger partial charge in [0.2, 0.25) is 0 Å². The molecule has 0 amide bonds. The molecule has 0 aliphatic heterocycles. The molecule has 1 N–H and O–H groups in total. The van der Waals surface area contributed by atoms with E-state index in [1.165, 1.54) is 166 Å². The summed E-state index contributed by atoms with van der Waals surface area (Å²) >= 11 is 0. The molecule has 0 aromatic carbocycles. The number of hydrogen-bond acceptors (Lipinski definition) is 0. The van der Waals surface area contributed by atoms with Crippen LogP contribution in [-0.2, 0) is 13.0 Å². The molecule has 1 aromatic rings. The number of aromatic nitrogens is 2. The number of imidazole rings is 1.